The summed E-state index contributed by atoms with van der Waals surface area (Å²) in [4.78, 5) is 29.8. The highest BCUT2D eigenvalue weighted by Gasteiger charge is 2.47. The molecule has 0 radical (unpaired) electrons. The number of nitrogens with zero attached hydrogens (tertiary/aromatic N) is 2. The number of hydrogen-bond acceptors (Lipinski definition) is 8. The first-order valence-corrected chi connectivity index (χ1v) is 11.1. The van der Waals surface area contributed by atoms with Crippen molar-refractivity contribution in [2.45, 2.75) is 13.0 Å². The molecule has 1 aromatic carbocycles. The van der Waals surface area contributed by atoms with Crippen LogP contribution in [0.25, 0.3) is 5.76 Å². The summed E-state index contributed by atoms with van der Waals surface area (Å²) in [5.41, 5.74) is 0.381. The van der Waals surface area contributed by atoms with Crippen LogP contribution in [0.1, 0.15) is 23.1 Å². The van der Waals surface area contributed by atoms with Crippen molar-refractivity contribution in [1.29, 1.82) is 0 Å². The number of amides is 1. The molecular weight excluding hydrogens is 428 g/mol. The number of Topliss-reactive ketones (excluding diaryl/α,β-unsaturated/α-hetero) is 1. The van der Waals surface area contributed by atoms with E-state index in [1.54, 1.807) is 37.3 Å². The van der Waals surface area contributed by atoms with Gasteiger partial charge in [-0.05, 0) is 37.3 Å². The van der Waals surface area contributed by atoms with Crippen LogP contribution in [0.2, 0.25) is 0 Å². The molecule has 1 amide bonds. The van der Waals surface area contributed by atoms with Crippen LogP contribution in [0.3, 0.4) is 0 Å². The molecule has 1 aromatic heterocycles. The molecule has 2 fully saturated rings. The van der Waals surface area contributed by atoms with Gasteiger partial charge in [0.05, 0.1) is 18.8 Å². The Morgan fingerprint density at radius 2 is 1.76 bits per heavy atom. The molecule has 33 heavy (non-hydrogen) atoms. The summed E-state index contributed by atoms with van der Waals surface area (Å²) in [6.07, 6.45) is 0. The standard InChI is InChI=1S/C24H26N2O7/c1-15-2-4-18(33-15)21-20(22(27)16-3-5-17-19(14-16)32-13-12-31-17)23(28)24(29)26(21)7-6-25-8-10-30-11-9-25/h2-5,14,21,27H,6-13H2,1H3/b22-20+/t21-/m0/s1. The van der Waals surface area contributed by atoms with Gasteiger partial charge in [0.1, 0.15) is 36.5 Å². The third-order valence-electron chi connectivity index (χ3n) is 6.15. The molecule has 0 unspecified atom stereocenters. The third-order valence-corrected chi connectivity index (χ3v) is 6.15. The van der Waals surface area contributed by atoms with Gasteiger partial charge in [-0.15, -0.1) is 0 Å². The van der Waals surface area contributed by atoms with Gasteiger partial charge in [-0.1, -0.05) is 0 Å². The van der Waals surface area contributed by atoms with Crippen molar-refractivity contribution in [3.05, 3.63) is 53.0 Å². The Labute approximate surface area is 191 Å². The van der Waals surface area contributed by atoms with Gasteiger partial charge in [-0.3, -0.25) is 14.5 Å². The first kappa shape index (κ1) is 21.5. The molecule has 2 saturated heterocycles. The minimum absolute atomic E-state index is 0.00741. The second-order valence-corrected chi connectivity index (χ2v) is 8.25. The van der Waals surface area contributed by atoms with E-state index < -0.39 is 17.7 Å². The summed E-state index contributed by atoms with van der Waals surface area (Å²) in [5.74, 6) is 0.498. The van der Waals surface area contributed by atoms with Gasteiger partial charge >= 0.3 is 0 Å². The number of benzene rings is 1. The van der Waals surface area contributed by atoms with Crippen molar-refractivity contribution < 1.29 is 33.3 Å². The van der Waals surface area contributed by atoms with Crippen molar-refractivity contribution in [2.24, 2.45) is 0 Å². The summed E-state index contributed by atoms with van der Waals surface area (Å²) in [6, 6.07) is 7.66. The maximum atomic E-state index is 13.1. The van der Waals surface area contributed by atoms with Gasteiger partial charge in [0.15, 0.2) is 11.5 Å². The molecule has 9 heteroatoms. The van der Waals surface area contributed by atoms with Crippen molar-refractivity contribution in [3.63, 3.8) is 0 Å². The number of aliphatic hydroxyl groups is 1. The Balaban J connectivity index is 1.51. The number of carbonyl (C=O) groups is 2. The average Bonchev–Trinajstić information content (AvgIpc) is 3.38. The topological polar surface area (TPSA) is 102 Å². The maximum Gasteiger partial charge on any atom is 0.295 e. The number of hydrogen-bond donors (Lipinski definition) is 1. The molecule has 0 spiro atoms. The molecule has 2 aromatic rings. The van der Waals surface area contributed by atoms with Crippen LogP contribution in [0, 0.1) is 6.92 Å². The number of aliphatic hydroxyl groups excluding tert-OH is 1. The molecule has 4 heterocycles. The van der Waals surface area contributed by atoms with Gasteiger partial charge < -0.3 is 28.6 Å². The summed E-state index contributed by atoms with van der Waals surface area (Å²) in [5, 5.41) is 11.2. The summed E-state index contributed by atoms with van der Waals surface area (Å²) >= 11 is 0. The lowest BCUT2D eigenvalue weighted by Crippen LogP contribution is -2.42. The van der Waals surface area contributed by atoms with E-state index in [1.165, 1.54) is 4.90 Å². The zero-order chi connectivity index (χ0) is 22.9. The fraction of sp³-hybridized carbons (Fsp3) is 0.417. The highest BCUT2D eigenvalue weighted by molar-refractivity contribution is 6.46. The molecule has 0 bridgehead atoms. The number of likely N-dealkylation sites (tertiary alicyclic amines) is 1. The molecule has 9 nitrogen and oxygen atoms in total. The van der Waals surface area contributed by atoms with E-state index in [0.717, 1.165) is 13.1 Å². The Morgan fingerprint density at radius 3 is 2.48 bits per heavy atom. The second kappa shape index (κ2) is 8.92. The zero-order valence-electron chi connectivity index (χ0n) is 18.4. The summed E-state index contributed by atoms with van der Waals surface area (Å²) in [6.45, 7) is 6.39. The van der Waals surface area contributed by atoms with E-state index in [2.05, 4.69) is 4.90 Å². The van der Waals surface area contributed by atoms with E-state index in [1.807, 2.05) is 0 Å². The number of fused-ring (bicyclic) bond motifs is 1. The largest absolute Gasteiger partial charge is 0.507 e. The molecule has 174 valence electrons. The lowest BCUT2D eigenvalue weighted by atomic mass is 9.99. The second-order valence-electron chi connectivity index (χ2n) is 8.25. The van der Waals surface area contributed by atoms with Crippen molar-refractivity contribution in [3.8, 4) is 11.5 Å². The minimum atomic E-state index is -0.812. The number of carbonyl (C=O) groups excluding carboxylic acids is 2. The van der Waals surface area contributed by atoms with Crippen LogP contribution in [0.5, 0.6) is 11.5 Å². The van der Waals surface area contributed by atoms with Crippen LogP contribution in [-0.4, -0.2) is 79.2 Å². The molecule has 0 aliphatic carbocycles. The highest BCUT2D eigenvalue weighted by Crippen LogP contribution is 2.41. The quantitative estimate of drug-likeness (QED) is 0.417. The Kier molecular flexibility index (Phi) is 5.82. The van der Waals surface area contributed by atoms with Crippen molar-refractivity contribution in [1.82, 2.24) is 9.80 Å². The third kappa shape index (κ3) is 4.09. The van der Waals surface area contributed by atoms with Gasteiger partial charge in [-0.25, -0.2) is 0 Å². The summed E-state index contributed by atoms with van der Waals surface area (Å²) in [7, 11) is 0. The number of furan rings is 1. The molecule has 3 aliphatic rings. The maximum absolute atomic E-state index is 13.1. The fourth-order valence-electron chi connectivity index (χ4n) is 4.43. The van der Waals surface area contributed by atoms with E-state index in [9.17, 15) is 14.7 Å². The molecule has 1 N–H and O–H groups in total. The Bertz CT molecular complexity index is 1100. The minimum Gasteiger partial charge on any atom is -0.507 e. The zero-order valence-corrected chi connectivity index (χ0v) is 18.4. The fourth-order valence-corrected chi connectivity index (χ4v) is 4.43. The smallest absolute Gasteiger partial charge is 0.295 e. The van der Waals surface area contributed by atoms with Gasteiger partial charge in [0.25, 0.3) is 11.7 Å². The normalized spacial score (nSPS) is 22.7. The Morgan fingerprint density at radius 1 is 1.00 bits per heavy atom. The number of morpholine rings is 1. The van der Waals surface area contributed by atoms with Gasteiger partial charge in [-0.2, -0.15) is 0 Å². The van der Waals surface area contributed by atoms with Gasteiger partial charge in [0.2, 0.25) is 0 Å². The molecule has 1 atom stereocenters. The number of ketones is 1. The first-order valence-electron chi connectivity index (χ1n) is 11.1. The lowest BCUT2D eigenvalue weighted by Gasteiger charge is -2.30. The monoisotopic (exact) mass is 454 g/mol. The first-order chi connectivity index (χ1) is 16.0. The van der Waals surface area contributed by atoms with Gasteiger partial charge in [0, 0.05) is 31.7 Å². The van der Waals surface area contributed by atoms with Crippen LogP contribution in [0.15, 0.2) is 40.3 Å². The van der Waals surface area contributed by atoms with Crippen LogP contribution in [0.4, 0.5) is 0 Å². The van der Waals surface area contributed by atoms with E-state index in [-0.39, 0.29) is 11.3 Å². The lowest BCUT2D eigenvalue weighted by molar-refractivity contribution is -0.140. The molecule has 3 aliphatic heterocycles. The van der Waals surface area contributed by atoms with Crippen molar-refractivity contribution >= 4 is 17.4 Å². The van der Waals surface area contributed by atoms with Crippen molar-refractivity contribution in [2.75, 3.05) is 52.6 Å². The van der Waals surface area contributed by atoms with Crippen LogP contribution < -0.4 is 9.47 Å². The van der Waals surface area contributed by atoms with Crippen LogP contribution >= 0.6 is 0 Å². The highest BCUT2D eigenvalue weighted by atomic mass is 16.6. The van der Waals surface area contributed by atoms with E-state index in [4.69, 9.17) is 18.6 Å². The van der Waals surface area contributed by atoms with E-state index >= 15 is 0 Å². The molecular formula is C24H26N2O7. The predicted octanol–water partition coefficient (Wildman–Crippen LogP) is 2.11. The molecule has 0 saturated carbocycles. The number of ether oxygens (including phenoxy) is 3. The SMILES string of the molecule is Cc1ccc([C@H]2/C(=C(\O)c3ccc4c(c3)OCCO4)C(=O)C(=O)N2CCN2CCOCC2)o1. The number of aryl methyl sites for hydroxylation is 1. The predicted molar refractivity (Wildman–Crippen MR) is 117 cm³/mol. The number of rotatable bonds is 5. The summed E-state index contributed by atoms with van der Waals surface area (Å²) < 4.78 is 22.4. The molecule has 5 rings (SSSR count). The van der Waals surface area contributed by atoms with E-state index in [0.29, 0.717) is 68.1 Å². The average molecular weight is 454 g/mol. The van der Waals surface area contributed by atoms with Crippen LogP contribution in [-0.2, 0) is 14.3 Å². The Hall–Kier alpha value is -3.30.